The van der Waals surface area contributed by atoms with E-state index in [1.165, 1.54) is 12.1 Å². The molecule has 1 aliphatic heterocycles. The molecule has 0 aromatic heterocycles. The number of benzene rings is 1. The Balaban J connectivity index is 2.21. The average molecular weight is 232 g/mol. The smallest absolute Gasteiger partial charge is 0.269 e. The Hall–Kier alpha value is -1.93. The highest BCUT2D eigenvalue weighted by Crippen LogP contribution is 2.32. The van der Waals surface area contributed by atoms with Crippen LogP contribution < -0.4 is 0 Å². The van der Waals surface area contributed by atoms with Gasteiger partial charge in [0.25, 0.3) is 5.69 Å². The molecule has 1 aromatic rings. The number of nitro groups is 1. The van der Waals surface area contributed by atoms with Gasteiger partial charge < -0.3 is 4.74 Å². The second kappa shape index (κ2) is 4.52. The Kier molecular flexibility index (Phi) is 3.07. The Morgan fingerprint density at radius 2 is 2.41 bits per heavy atom. The fraction of sp³-hybridized carbons (Fsp3) is 0.417. The van der Waals surface area contributed by atoms with Crippen LogP contribution in [0.4, 0.5) is 5.69 Å². The summed E-state index contributed by atoms with van der Waals surface area (Å²) in [5, 5.41) is 19.8. The molecule has 1 aromatic carbocycles. The van der Waals surface area contributed by atoms with Crippen LogP contribution in [-0.4, -0.2) is 18.1 Å². The Morgan fingerprint density at radius 3 is 3.00 bits per heavy atom. The molecule has 1 aliphatic rings. The number of nitriles is 1. The van der Waals surface area contributed by atoms with Crippen LogP contribution in [0.25, 0.3) is 0 Å². The molecule has 0 saturated carbocycles. The number of hydrogen-bond acceptors (Lipinski definition) is 4. The normalized spacial score (nSPS) is 23.2. The van der Waals surface area contributed by atoms with Gasteiger partial charge in [0.1, 0.15) is 0 Å². The lowest BCUT2D eigenvalue weighted by atomic mass is 9.82. The summed E-state index contributed by atoms with van der Waals surface area (Å²) < 4.78 is 5.24. The van der Waals surface area contributed by atoms with Crippen LogP contribution in [0, 0.1) is 26.9 Å². The van der Waals surface area contributed by atoms with Crippen molar-refractivity contribution in [3.63, 3.8) is 0 Å². The van der Waals surface area contributed by atoms with E-state index < -0.39 is 10.3 Å². The van der Waals surface area contributed by atoms with Crippen LogP contribution in [0.1, 0.15) is 12.0 Å². The quantitative estimate of drug-likeness (QED) is 0.590. The molecule has 5 nitrogen and oxygen atoms in total. The second-order valence-electron chi connectivity index (χ2n) is 4.30. The van der Waals surface area contributed by atoms with Crippen molar-refractivity contribution in [2.75, 3.05) is 13.2 Å². The van der Waals surface area contributed by atoms with Crippen LogP contribution in [0.15, 0.2) is 24.3 Å². The minimum atomic E-state index is -0.519. The fourth-order valence-electron chi connectivity index (χ4n) is 2.05. The summed E-state index contributed by atoms with van der Waals surface area (Å²) in [4.78, 5) is 10.2. The van der Waals surface area contributed by atoms with Gasteiger partial charge in [-0.2, -0.15) is 5.26 Å². The van der Waals surface area contributed by atoms with Crippen molar-refractivity contribution in [1.29, 1.82) is 5.26 Å². The monoisotopic (exact) mass is 232 g/mol. The lowest BCUT2D eigenvalue weighted by molar-refractivity contribution is -0.384. The highest BCUT2D eigenvalue weighted by molar-refractivity contribution is 5.35. The zero-order chi connectivity index (χ0) is 12.3. The van der Waals surface area contributed by atoms with Gasteiger partial charge in [0.15, 0.2) is 0 Å². The molecule has 0 N–H and O–H groups in total. The Bertz CT molecular complexity index is 473. The predicted molar refractivity (Wildman–Crippen MR) is 60.3 cm³/mol. The molecule has 88 valence electrons. The summed E-state index contributed by atoms with van der Waals surface area (Å²) in [5.74, 6) is 0. The van der Waals surface area contributed by atoms with Gasteiger partial charge in [0.2, 0.25) is 0 Å². The van der Waals surface area contributed by atoms with Gasteiger partial charge in [0, 0.05) is 18.7 Å². The first-order valence-corrected chi connectivity index (χ1v) is 5.38. The summed E-state index contributed by atoms with van der Waals surface area (Å²) in [5.41, 5.74) is 0.357. The van der Waals surface area contributed by atoms with E-state index in [-0.39, 0.29) is 5.69 Å². The molecule has 0 bridgehead atoms. The largest absolute Gasteiger partial charge is 0.380 e. The SMILES string of the molecule is N#CC1(Cc2cccc([N+](=O)[O-])c2)CCOC1. The average Bonchev–Trinajstić information content (AvgIpc) is 2.78. The van der Waals surface area contributed by atoms with Crippen molar-refractivity contribution in [2.24, 2.45) is 5.41 Å². The predicted octanol–water partition coefficient (Wildman–Crippen LogP) is 2.07. The summed E-state index contributed by atoms with van der Waals surface area (Å²) >= 11 is 0. The molecule has 0 radical (unpaired) electrons. The van der Waals surface area contributed by atoms with E-state index in [2.05, 4.69) is 6.07 Å². The molecule has 1 saturated heterocycles. The summed E-state index contributed by atoms with van der Waals surface area (Å²) in [7, 11) is 0. The van der Waals surface area contributed by atoms with E-state index in [4.69, 9.17) is 4.74 Å². The van der Waals surface area contributed by atoms with Crippen LogP contribution in [-0.2, 0) is 11.2 Å². The topological polar surface area (TPSA) is 76.2 Å². The first-order chi connectivity index (χ1) is 8.15. The third kappa shape index (κ3) is 2.43. The van der Waals surface area contributed by atoms with Crippen molar-refractivity contribution >= 4 is 5.69 Å². The molecule has 1 atom stereocenters. The van der Waals surface area contributed by atoms with Crippen molar-refractivity contribution in [2.45, 2.75) is 12.8 Å². The summed E-state index contributed by atoms with van der Waals surface area (Å²) in [6.07, 6.45) is 1.19. The standard InChI is InChI=1S/C12H12N2O3/c13-8-12(4-5-17-9-12)7-10-2-1-3-11(6-10)14(15)16/h1-3,6H,4-5,7,9H2. The third-order valence-electron chi connectivity index (χ3n) is 3.00. The van der Waals surface area contributed by atoms with Crippen molar-refractivity contribution < 1.29 is 9.66 Å². The lowest BCUT2D eigenvalue weighted by Gasteiger charge is -2.17. The van der Waals surface area contributed by atoms with E-state index in [0.29, 0.717) is 26.1 Å². The second-order valence-corrected chi connectivity index (χ2v) is 4.30. The minimum absolute atomic E-state index is 0.0644. The maximum absolute atomic E-state index is 10.7. The molecule has 0 spiro atoms. The summed E-state index contributed by atoms with van der Waals surface area (Å²) in [6, 6.07) is 8.71. The number of ether oxygens (including phenoxy) is 1. The number of non-ortho nitro benzene ring substituents is 1. The molecule has 17 heavy (non-hydrogen) atoms. The zero-order valence-electron chi connectivity index (χ0n) is 9.26. The molecular formula is C12H12N2O3. The molecule has 1 fully saturated rings. The van der Waals surface area contributed by atoms with Crippen molar-refractivity contribution in [1.82, 2.24) is 0 Å². The van der Waals surface area contributed by atoms with Gasteiger partial charge in [-0.15, -0.1) is 0 Å². The number of nitro benzene ring substituents is 1. The third-order valence-corrected chi connectivity index (χ3v) is 3.00. The summed E-state index contributed by atoms with van der Waals surface area (Å²) in [6.45, 7) is 0.995. The van der Waals surface area contributed by atoms with Gasteiger partial charge in [0.05, 0.1) is 23.0 Å². The van der Waals surface area contributed by atoms with E-state index >= 15 is 0 Å². The highest BCUT2D eigenvalue weighted by Gasteiger charge is 2.35. The van der Waals surface area contributed by atoms with Gasteiger partial charge in [-0.05, 0) is 18.4 Å². The van der Waals surface area contributed by atoms with E-state index in [1.807, 2.05) is 6.07 Å². The van der Waals surface area contributed by atoms with E-state index in [0.717, 1.165) is 5.56 Å². The van der Waals surface area contributed by atoms with Gasteiger partial charge in [-0.25, -0.2) is 0 Å². The Morgan fingerprint density at radius 1 is 1.59 bits per heavy atom. The van der Waals surface area contributed by atoms with Crippen molar-refractivity contribution in [3.8, 4) is 6.07 Å². The van der Waals surface area contributed by atoms with Gasteiger partial charge in [-0.1, -0.05) is 12.1 Å². The molecule has 2 rings (SSSR count). The molecule has 1 heterocycles. The maximum atomic E-state index is 10.7. The lowest BCUT2D eigenvalue weighted by Crippen LogP contribution is -2.21. The van der Waals surface area contributed by atoms with E-state index in [1.54, 1.807) is 6.07 Å². The van der Waals surface area contributed by atoms with Crippen LogP contribution in [0.3, 0.4) is 0 Å². The fourth-order valence-corrected chi connectivity index (χ4v) is 2.05. The molecule has 5 heteroatoms. The Labute approximate surface area is 98.8 Å². The van der Waals surface area contributed by atoms with E-state index in [9.17, 15) is 15.4 Å². The molecule has 1 unspecified atom stereocenters. The van der Waals surface area contributed by atoms with Crippen LogP contribution >= 0.6 is 0 Å². The van der Waals surface area contributed by atoms with Gasteiger partial charge in [-0.3, -0.25) is 10.1 Å². The molecule has 0 aliphatic carbocycles. The number of nitrogens with zero attached hydrogens (tertiary/aromatic N) is 2. The van der Waals surface area contributed by atoms with Crippen LogP contribution in [0.5, 0.6) is 0 Å². The zero-order valence-corrected chi connectivity index (χ0v) is 9.26. The highest BCUT2D eigenvalue weighted by atomic mass is 16.6. The first-order valence-electron chi connectivity index (χ1n) is 5.38. The molecular weight excluding hydrogens is 220 g/mol. The first kappa shape index (κ1) is 11.6. The maximum Gasteiger partial charge on any atom is 0.269 e. The molecule has 0 amide bonds. The van der Waals surface area contributed by atoms with Gasteiger partial charge >= 0.3 is 0 Å². The number of hydrogen-bond donors (Lipinski definition) is 0. The van der Waals surface area contributed by atoms with Crippen molar-refractivity contribution in [3.05, 3.63) is 39.9 Å². The number of rotatable bonds is 3. The van der Waals surface area contributed by atoms with Crippen LogP contribution in [0.2, 0.25) is 0 Å². The minimum Gasteiger partial charge on any atom is -0.380 e.